The Morgan fingerprint density at radius 2 is 1.60 bits per heavy atom. The van der Waals surface area contributed by atoms with Crippen LogP contribution in [0.1, 0.15) is 48.9 Å². The number of nitrogens with one attached hydrogen (secondary N) is 1. The van der Waals surface area contributed by atoms with Crippen molar-refractivity contribution >= 4 is 28.8 Å². The number of nitrogens with zero attached hydrogens (tertiary/aromatic N) is 1. The van der Waals surface area contributed by atoms with Gasteiger partial charge in [-0.2, -0.15) is 0 Å². The van der Waals surface area contributed by atoms with Crippen molar-refractivity contribution in [1.82, 2.24) is 5.32 Å². The molecule has 48 heavy (non-hydrogen) atoms. The van der Waals surface area contributed by atoms with Crippen molar-refractivity contribution in [3.63, 3.8) is 0 Å². The summed E-state index contributed by atoms with van der Waals surface area (Å²) < 4.78 is 22.5. The molecule has 3 atom stereocenters. The molecule has 0 radical (unpaired) electrons. The van der Waals surface area contributed by atoms with Crippen molar-refractivity contribution in [2.75, 3.05) is 34.2 Å². The summed E-state index contributed by atoms with van der Waals surface area (Å²) in [6, 6.07) is 14.8. The maximum absolute atomic E-state index is 13.8. The number of carbonyl (C=O) groups is 2. The highest BCUT2D eigenvalue weighted by molar-refractivity contribution is 6.10. The zero-order chi connectivity index (χ0) is 35.0. The number of rotatable bonds is 13. The summed E-state index contributed by atoms with van der Waals surface area (Å²) >= 11 is 0. The summed E-state index contributed by atoms with van der Waals surface area (Å²) in [5, 5.41) is 13.5. The first-order chi connectivity index (χ1) is 23.0. The van der Waals surface area contributed by atoms with Crippen LogP contribution in [0.15, 0.2) is 65.7 Å². The average molecular weight is 659 g/mol. The fourth-order valence-electron chi connectivity index (χ4n) is 5.86. The Morgan fingerprint density at radius 3 is 2.21 bits per heavy atom. The normalized spacial score (nSPS) is 15.4. The van der Waals surface area contributed by atoms with Gasteiger partial charge < -0.3 is 40.8 Å². The van der Waals surface area contributed by atoms with Gasteiger partial charge in [0.05, 0.1) is 34.1 Å². The molecule has 0 saturated carbocycles. The van der Waals surface area contributed by atoms with Crippen LogP contribution in [-0.4, -0.2) is 69.3 Å². The molecular formula is C37H46N4O7. The fraction of sp³-hybridized carbons (Fsp3) is 0.378. The summed E-state index contributed by atoms with van der Waals surface area (Å²) in [6.45, 7) is 3.89. The van der Waals surface area contributed by atoms with Crippen molar-refractivity contribution in [3.8, 4) is 23.0 Å². The number of hydrogen-bond acceptors (Lipinski definition) is 9. The Kier molecular flexibility index (Phi) is 12.2. The van der Waals surface area contributed by atoms with Crippen molar-refractivity contribution in [2.24, 2.45) is 16.6 Å². The molecule has 6 N–H and O–H groups in total. The SMILES string of the molecule is COc1ccc(C2=C/C(=N\C(=O)C(CC(C)C)NC(=O)C(O)C(N)Cc3ccccc3)CCc3c2cc(OC)c(OC)c3OC)cc1N. The Labute approximate surface area is 281 Å². The van der Waals surface area contributed by atoms with E-state index in [0.717, 1.165) is 27.8 Å². The molecule has 256 valence electrons. The number of carbonyl (C=O) groups excluding carboxylic acids is 2. The standard InChI is InChI=1S/C37H46N4O7/c1-21(2)16-30(41-37(44)33(42)29(39)17-22-10-8-7-9-11-22)36(43)40-24-13-14-25-27(20-32(46-4)35(48-6)34(25)47-5)26(19-24)23-12-15-31(45-3)28(38)18-23/h7-12,15,18-21,29-30,33,42H,13-14,16-17,38-39H2,1-6H3,(H,41,44)/b40-24-. The molecule has 1 aliphatic rings. The monoisotopic (exact) mass is 658 g/mol. The summed E-state index contributed by atoms with van der Waals surface area (Å²) in [5.41, 5.74) is 17.5. The quantitative estimate of drug-likeness (QED) is 0.198. The molecule has 0 aliphatic heterocycles. The van der Waals surface area contributed by atoms with E-state index in [0.29, 0.717) is 60.1 Å². The van der Waals surface area contributed by atoms with Gasteiger partial charge in [-0.15, -0.1) is 0 Å². The third-order valence-corrected chi connectivity index (χ3v) is 8.27. The van der Waals surface area contributed by atoms with E-state index in [4.69, 9.17) is 30.4 Å². The number of benzene rings is 3. The van der Waals surface area contributed by atoms with Crippen LogP contribution in [0.3, 0.4) is 0 Å². The van der Waals surface area contributed by atoms with Gasteiger partial charge in [-0.1, -0.05) is 50.2 Å². The lowest BCUT2D eigenvalue weighted by atomic mass is 9.92. The number of nitrogen functional groups attached to an aromatic ring is 1. The molecule has 0 spiro atoms. The third-order valence-electron chi connectivity index (χ3n) is 8.27. The van der Waals surface area contributed by atoms with Gasteiger partial charge in [0.15, 0.2) is 11.5 Å². The van der Waals surface area contributed by atoms with Crippen LogP contribution < -0.4 is 35.7 Å². The predicted octanol–water partition coefficient (Wildman–Crippen LogP) is 4.11. The first-order valence-corrected chi connectivity index (χ1v) is 15.9. The van der Waals surface area contributed by atoms with E-state index in [1.807, 2.05) is 62.4 Å². The van der Waals surface area contributed by atoms with Crippen LogP contribution in [0.2, 0.25) is 0 Å². The van der Waals surface area contributed by atoms with Gasteiger partial charge in [0.25, 0.3) is 11.8 Å². The molecule has 0 fully saturated rings. The highest BCUT2D eigenvalue weighted by Crippen LogP contribution is 2.46. The van der Waals surface area contributed by atoms with Crippen molar-refractivity contribution in [2.45, 2.75) is 57.7 Å². The molecule has 0 saturated heterocycles. The molecule has 1 aliphatic carbocycles. The zero-order valence-corrected chi connectivity index (χ0v) is 28.4. The molecule has 0 heterocycles. The van der Waals surface area contributed by atoms with Gasteiger partial charge in [-0.3, -0.25) is 9.59 Å². The zero-order valence-electron chi connectivity index (χ0n) is 28.4. The number of aliphatic hydroxyl groups excluding tert-OH is 1. The first-order valence-electron chi connectivity index (χ1n) is 15.9. The Balaban J connectivity index is 1.72. The maximum Gasteiger partial charge on any atom is 0.268 e. The second-order valence-electron chi connectivity index (χ2n) is 12.1. The Morgan fingerprint density at radius 1 is 0.917 bits per heavy atom. The molecule has 2 amide bonds. The minimum atomic E-state index is -1.52. The fourth-order valence-corrected chi connectivity index (χ4v) is 5.86. The lowest BCUT2D eigenvalue weighted by Gasteiger charge is -2.23. The molecule has 0 aromatic heterocycles. The minimum absolute atomic E-state index is 0.0468. The van der Waals surface area contributed by atoms with E-state index in [1.165, 1.54) is 0 Å². The predicted molar refractivity (Wildman–Crippen MR) is 187 cm³/mol. The van der Waals surface area contributed by atoms with Gasteiger partial charge in [0, 0.05) is 17.3 Å². The largest absolute Gasteiger partial charge is 0.495 e. The number of allylic oxidation sites excluding steroid dienone is 1. The Hall–Kier alpha value is -4.87. The summed E-state index contributed by atoms with van der Waals surface area (Å²) in [5.74, 6) is 0.755. The first kappa shape index (κ1) is 36.0. The average Bonchev–Trinajstić information content (AvgIpc) is 3.25. The van der Waals surface area contributed by atoms with Crippen LogP contribution in [-0.2, 0) is 22.4 Å². The molecule has 3 aromatic rings. The molecule has 0 bridgehead atoms. The maximum atomic E-state index is 13.8. The highest BCUT2D eigenvalue weighted by atomic mass is 16.5. The van der Waals surface area contributed by atoms with Crippen molar-refractivity contribution in [1.29, 1.82) is 0 Å². The van der Waals surface area contributed by atoms with Gasteiger partial charge >= 0.3 is 0 Å². The van der Waals surface area contributed by atoms with E-state index in [9.17, 15) is 14.7 Å². The van der Waals surface area contributed by atoms with E-state index in [1.54, 1.807) is 40.6 Å². The second-order valence-corrected chi connectivity index (χ2v) is 12.1. The molecule has 3 unspecified atom stereocenters. The van der Waals surface area contributed by atoms with E-state index >= 15 is 0 Å². The van der Waals surface area contributed by atoms with Gasteiger partial charge in [0.1, 0.15) is 17.9 Å². The number of anilines is 1. The van der Waals surface area contributed by atoms with Crippen LogP contribution in [0.5, 0.6) is 23.0 Å². The molecule has 11 heteroatoms. The molecule has 4 rings (SSSR count). The summed E-state index contributed by atoms with van der Waals surface area (Å²) in [7, 11) is 6.21. The number of nitrogens with two attached hydrogens (primary N) is 2. The van der Waals surface area contributed by atoms with Crippen molar-refractivity contribution in [3.05, 3.63) is 82.9 Å². The molecular weight excluding hydrogens is 612 g/mol. The second kappa shape index (κ2) is 16.3. The summed E-state index contributed by atoms with van der Waals surface area (Å²) in [4.78, 5) is 31.5. The van der Waals surface area contributed by atoms with Crippen molar-refractivity contribution < 1.29 is 33.6 Å². The van der Waals surface area contributed by atoms with Crippen LogP contribution in [0.25, 0.3) is 5.57 Å². The third kappa shape index (κ3) is 8.34. The highest BCUT2D eigenvalue weighted by Gasteiger charge is 2.30. The van der Waals surface area contributed by atoms with Crippen LogP contribution in [0, 0.1) is 5.92 Å². The number of amides is 2. The molecule has 3 aromatic carbocycles. The van der Waals surface area contributed by atoms with Crippen LogP contribution >= 0.6 is 0 Å². The number of fused-ring (bicyclic) bond motifs is 1. The van der Waals surface area contributed by atoms with Gasteiger partial charge in [0.2, 0.25) is 5.75 Å². The number of methoxy groups -OCH3 is 4. The van der Waals surface area contributed by atoms with Gasteiger partial charge in [-0.05, 0) is 78.1 Å². The van der Waals surface area contributed by atoms with E-state index < -0.39 is 30.0 Å². The minimum Gasteiger partial charge on any atom is -0.495 e. The van der Waals surface area contributed by atoms with Gasteiger partial charge in [-0.25, -0.2) is 4.99 Å². The van der Waals surface area contributed by atoms with E-state index in [2.05, 4.69) is 10.3 Å². The summed E-state index contributed by atoms with van der Waals surface area (Å²) in [6.07, 6.45) is 1.78. The van der Waals surface area contributed by atoms with E-state index in [-0.39, 0.29) is 5.92 Å². The number of aliphatic hydroxyl groups is 1. The lowest BCUT2D eigenvalue weighted by molar-refractivity contribution is -0.134. The number of ether oxygens (including phenoxy) is 4. The smallest absolute Gasteiger partial charge is 0.268 e. The molecule has 11 nitrogen and oxygen atoms in total. The topological polar surface area (TPSA) is 168 Å². The number of hydrogen-bond donors (Lipinski definition) is 4. The lowest BCUT2D eigenvalue weighted by Crippen LogP contribution is -2.52. The number of aliphatic imine (C=N–C) groups is 1. The van der Waals surface area contributed by atoms with Crippen LogP contribution in [0.4, 0.5) is 5.69 Å². The Bertz CT molecular complexity index is 1670.